The van der Waals surface area contributed by atoms with Gasteiger partial charge in [0.15, 0.2) is 5.78 Å². The van der Waals surface area contributed by atoms with E-state index in [0.29, 0.717) is 11.1 Å². The molecule has 3 rings (SSSR count). The molecular formula is C19H18FNO2. The second kappa shape index (κ2) is 5.97. The van der Waals surface area contributed by atoms with Crippen molar-refractivity contribution >= 4 is 16.7 Å². The Morgan fingerprint density at radius 1 is 1.22 bits per heavy atom. The second-order valence-corrected chi connectivity index (χ2v) is 5.72. The average molecular weight is 311 g/mol. The van der Waals surface area contributed by atoms with E-state index in [1.807, 2.05) is 42.7 Å². The zero-order chi connectivity index (χ0) is 16.6. The fourth-order valence-corrected chi connectivity index (χ4v) is 3.10. The number of aliphatic hydroxyl groups excluding tert-OH is 1. The van der Waals surface area contributed by atoms with Crippen LogP contribution in [0.25, 0.3) is 10.9 Å². The number of hydrogen-bond acceptors (Lipinski definition) is 2. The summed E-state index contributed by atoms with van der Waals surface area (Å²) in [5.41, 5.74) is 2.56. The molecule has 0 aliphatic heterocycles. The van der Waals surface area contributed by atoms with Crippen LogP contribution in [0.3, 0.4) is 0 Å². The van der Waals surface area contributed by atoms with Gasteiger partial charge in [0.1, 0.15) is 5.82 Å². The predicted octanol–water partition coefficient (Wildman–Crippen LogP) is 3.87. The Balaban J connectivity index is 2.25. The number of carbonyl (C=O) groups is 1. The van der Waals surface area contributed by atoms with Gasteiger partial charge in [0.05, 0.1) is 18.2 Å². The number of fused-ring (bicyclic) bond motifs is 1. The molecule has 3 aromatic rings. The lowest BCUT2D eigenvalue weighted by molar-refractivity contribution is 0.103. The summed E-state index contributed by atoms with van der Waals surface area (Å²) < 4.78 is 15.4. The number of carbonyl (C=O) groups excluding carboxylic acids is 1. The summed E-state index contributed by atoms with van der Waals surface area (Å²) in [5.74, 6) is -0.636. The maximum absolute atomic E-state index is 13.5. The highest BCUT2D eigenvalue weighted by Gasteiger charge is 2.23. The van der Waals surface area contributed by atoms with Crippen LogP contribution in [0, 0.1) is 12.7 Å². The Bertz CT molecular complexity index is 882. The molecule has 23 heavy (non-hydrogen) atoms. The molecule has 1 aromatic heterocycles. The van der Waals surface area contributed by atoms with Gasteiger partial charge in [-0.25, -0.2) is 4.39 Å². The minimum atomic E-state index is -0.430. The molecule has 1 unspecified atom stereocenters. The van der Waals surface area contributed by atoms with Crippen LogP contribution in [0.1, 0.15) is 34.6 Å². The van der Waals surface area contributed by atoms with Crippen LogP contribution >= 0.6 is 0 Å². The minimum Gasteiger partial charge on any atom is -0.394 e. The molecule has 0 saturated heterocycles. The van der Waals surface area contributed by atoms with Gasteiger partial charge in [-0.3, -0.25) is 4.79 Å². The zero-order valence-corrected chi connectivity index (χ0v) is 13.1. The Morgan fingerprint density at radius 2 is 1.96 bits per heavy atom. The minimum absolute atomic E-state index is 0.0207. The number of hydrogen-bond donors (Lipinski definition) is 1. The van der Waals surface area contributed by atoms with E-state index in [4.69, 9.17) is 0 Å². The van der Waals surface area contributed by atoms with Crippen LogP contribution < -0.4 is 0 Å². The first-order valence-corrected chi connectivity index (χ1v) is 7.55. The first-order valence-electron chi connectivity index (χ1n) is 7.55. The maximum atomic E-state index is 13.5. The lowest BCUT2D eigenvalue weighted by atomic mass is 10.0. The van der Waals surface area contributed by atoms with Gasteiger partial charge >= 0.3 is 0 Å². The molecule has 0 spiro atoms. The molecule has 0 amide bonds. The summed E-state index contributed by atoms with van der Waals surface area (Å²) in [4.78, 5) is 12.9. The van der Waals surface area contributed by atoms with Gasteiger partial charge < -0.3 is 9.67 Å². The highest BCUT2D eigenvalue weighted by atomic mass is 19.1. The van der Waals surface area contributed by atoms with Crippen molar-refractivity contribution in [2.45, 2.75) is 19.9 Å². The number of rotatable bonds is 4. The molecule has 0 saturated carbocycles. The Morgan fingerprint density at radius 3 is 2.65 bits per heavy atom. The van der Waals surface area contributed by atoms with Crippen LogP contribution in [0.4, 0.5) is 4.39 Å². The van der Waals surface area contributed by atoms with Crippen LogP contribution in [0.5, 0.6) is 0 Å². The third kappa shape index (κ3) is 2.55. The fourth-order valence-electron chi connectivity index (χ4n) is 3.10. The topological polar surface area (TPSA) is 42.2 Å². The number of para-hydroxylation sites is 1. The third-order valence-corrected chi connectivity index (χ3v) is 4.17. The SMILES string of the molecule is Cc1c(C(=O)c2cccc(F)c2)c2ccccc2n1C(C)CO. The highest BCUT2D eigenvalue weighted by Crippen LogP contribution is 2.30. The summed E-state index contributed by atoms with van der Waals surface area (Å²) in [6, 6.07) is 13.2. The molecule has 1 atom stereocenters. The van der Waals surface area contributed by atoms with Gasteiger partial charge in [-0.1, -0.05) is 30.3 Å². The van der Waals surface area contributed by atoms with E-state index in [1.165, 1.54) is 18.2 Å². The number of ketones is 1. The summed E-state index contributed by atoms with van der Waals surface area (Å²) in [7, 11) is 0. The van der Waals surface area contributed by atoms with Gasteiger partial charge in [-0.15, -0.1) is 0 Å². The quantitative estimate of drug-likeness (QED) is 0.743. The molecule has 2 aromatic carbocycles. The normalized spacial score (nSPS) is 12.5. The number of halogens is 1. The molecule has 0 fully saturated rings. The van der Waals surface area contributed by atoms with Crippen molar-refractivity contribution in [3.8, 4) is 0 Å². The molecule has 3 nitrogen and oxygen atoms in total. The molecule has 1 heterocycles. The van der Waals surface area contributed by atoms with E-state index in [9.17, 15) is 14.3 Å². The summed E-state index contributed by atoms with van der Waals surface area (Å²) in [5, 5.41) is 10.3. The van der Waals surface area contributed by atoms with Gasteiger partial charge in [0.25, 0.3) is 0 Å². The van der Waals surface area contributed by atoms with Crippen molar-refractivity contribution in [2.75, 3.05) is 6.61 Å². The van der Waals surface area contributed by atoms with Crippen LogP contribution in [-0.4, -0.2) is 22.1 Å². The number of nitrogens with zero attached hydrogens (tertiary/aromatic N) is 1. The maximum Gasteiger partial charge on any atom is 0.195 e. The first kappa shape index (κ1) is 15.4. The van der Waals surface area contributed by atoms with Crippen molar-refractivity contribution in [1.82, 2.24) is 4.57 Å². The first-order chi connectivity index (χ1) is 11.0. The van der Waals surface area contributed by atoms with E-state index in [0.717, 1.165) is 16.6 Å². The van der Waals surface area contributed by atoms with Crippen molar-refractivity contribution in [2.24, 2.45) is 0 Å². The van der Waals surface area contributed by atoms with Gasteiger partial charge in [-0.05, 0) is 32.0 Å². The lowest BCUT2D eigenvalue weighted by Crippen LogP contribution is -2.12. The number of aliphatic hydroxyl groups is 1. The average Bonchev–Trinajstić information content (AvgIpc) is 2.85. The summed E-state index contributed by atoms with van der Waals surface area (Å²) in [6.07, 6.45) is 0. The van der Waals surface area contributed by atoms with E-state index in [1.54, 1.807) is 6.07 Å². The van der Waals surface area contributed by atoms with Crippen molar-refractivity contribution in [1.29, 1.82) is 0 Å². The number of benzene rings is 2. The van der Waals surface area contributed by atoms with Crippen molar-refractivity contribution in [3.05, 3.63) is 71.2 Å². The Kier molecular flexibility index (Phi) is 4.01. The van der Waals surface area contributed by atoms with Gasteiger partial charge in [0, 0.05) is 22.2 Å². The Labute approximate surface area is 134 Å². The van der Waals surface area contributed by atoms with Gasteiger partial charge in [-0.2, -0.15) is 0 Å². The van der Waals surface area contributed by atoms with E-state index in [2.05, 4.69) is 0 Å². The highest BCUT2D eigenvalue weighted by molar-refractivity contribution is 6.17. The largest absolute Gasteiger partial charge is 0.394 e. The molecule has 0 radical (unpaired) electrons. The van der Waals surface area contributed by atoms with Crippen molar-refractivity contribution in [3.63, 3.8) is 0 Å². The predicted molar refractivity (Wildman–Crippen MR) is 88.3 cm³/mol. The molecule has 1 N–H and O–H groups in total. The standard InChI is InChI=1S/C19H18FNO2/c1-12(11-22)21-13(2)18(16-8-3-4-9-17(16)21)19(23)14-6-5-7-15(20)10-14/h3-10,12,22H,11H2,1-2H3. The summed E-state index contributed by atoms with van der Waals surface area (Å²) in [6.45, 7) is 3.74. The molecule has 4 heteroatoms. The third-order valence-electron chi connectivity index (χ3n) is 4.17. The van der Waals surface area contributed by atoms with Gasteiger partial charge in [0.2, 0.25) is 0 Å². The van der Waals surface area contributed by atoms with Crippen molar-refractivity contribution < 1.29 is 14.3 Å². The monoisotopic (exact) mass is 311 g/mol. The second-order valence-electron chi connectivity index (χ2n) is 5.72. The zero-order valence-electron chi connectivity index (χ0n) is 13.1. The lowest BCUT2D eigenvalue weighted by Gasteiger charge is -2.15. The fraction of sp³-hybridized carbons (Fsp3) is 0.211. The Hall–Kier alpha value is -2.46. The van der Waals surface area contributed by atoms with E-state index in [-0.39, 0.29) is 18.4 Å². The molecule has 0 bridgehead atoms. The molecule has 0 aliphatic carbocycles. The molecule has 0 aliphatic rings. The number of aromatic nitrogens is 1. The smallest absolute Gasteiger partial charge is 0.195 e. The van der Waals surface area contributed by atoms with E-state index < -0.39 is 5.82 Å². The van der Waals surface area contributed by atoms with Crippen LogP contribution in [-0.2, 0) is 0 Å². The molecule has 118 valence electrons. The van der Waals surface area contributed by atoms with Crippen LogP contribution in [0.15, 0.2) is 48.5 Å². The molecular weight excluding hydrogens is 293 g/mol. The van der Waals surface area contributed by atoms with Crippen LogP contribution in [0.2, 0.25) is 0 Å². The van der Waals surface area contributed by atoms with E-state index >= 15 is 0 Å². The summed E-state index contributed by atoms with van der Waals surface area (Å²) >= 11 is 0.